The molecule has 206 valence electrons. The van der Waals surface area contributed by atoms with Gasteiger partial charge in [-0.2, -0.15) is 0 Å². The molecule has 2 heteroatoms. The number of rotatable bonds is 4. The first-order valence-corrected chi connectivity index (χ1v) is 15.0. The highest BCUT2D eigenvalue weighted by atomic mass is 16.3. The van der Waals surface area contributed by atoms with E-state index in [0.29, 0.717) is 0 Å². The Hall–Kier alpha value is -5.86. The molecule has 8 aromatic carbocycles. The van der Waals surface area contributed by atoms with Gasteiger partial charge in [0.1, 0.15) is 11.2 Å². The molecular formula is C42H27NO. The van der Waals surface area contributed by atoms with Gasteiger partial charge in [-0.3, -0.25) is 0 Å². The summed E-state index contributed by atoms with van der Waals surface area (Å²) < 4.78 is 6.51. The van der Waals surface area contributed by atoms with Crippen molar-refractivity contribution in [3.8, 4) is 11.1 Å². The molecule has 44 heavy (non-hydrogen) atoms. The fourth-order valence-corrected chi connectivity index (χ4v) is 6.72. The Balaban J connectivity index is 1.26. The van der Waals surface area contributed by atoms with Crippen molar-refractivity contribution < 1.29 is 4.42 Å². The van der Waals surface area contributed by atoms with Crippen LogP contribution in [0.2, 0.25) is 0 Å². The standard InChI is InChI=1S/C42H27NO/c1-2-9-28(10-3-1)31-13-8-14-33(25-31)43(34-20-22-37-32(26-34)18-17-29-11-4-6-15-36(29)37)35-21-23-39-41(27-35)44-40-24-19-30-12-5-7-16-38(30)42(39)40/h1-27H. The predicted octanol–water partition coefficient (Wildman–Crippen LogP) is 12.2. The van der Waals surface area contributed by atoms with E-state index >= 15 is 0 Å². The van der Waals surface area contributed by atoms with E-state index in [4.69, 9.17) is 4.42 Å². The minimum Gasteiger partial charge on any atom is -0.456 e. The van der Waals surface area contributed by atoms with Crippen LogP contribution in [-0.4, -0.2) is 0 Å². The SMILES string of the molecule is c1ccc(-c2cccc(N(c3ccc4c(ccc5ccccc54)c3)c3ccc4c(c3)oc3ccc5ccccc5c34)c2)cc1. The van der Waals surface area contributed by atoms with E-state index in [1.807, 2.05) is 0 Å². The van der Waals surface area contributed by atoms with Gasteiger partial charge in [-0.1, -0.05) is 115 Å². The van der Waals surface area contributed by atoms with Gasteiger partial charge in [0, 0.05) is 33.9 Å². The van der Waals surface area contributed by atoms with E-state index in [1.165, 1.54) is 48.8 Å². The van der Waals surface area contributed by atoms with Gasteiger partial charge in [0.05, 0.1) is 0 Å². The lowest BCUT2D eigenvalue weighted by molar-refractivity contribution is 0.669. The molecule has 9 rings (SSSR count). The highest BCUT2D eigenvalue weighted by Crippen LogP contribution is 2.42. The second-order valence-electron chi connectivity index (χ2n) is 11.4. The lowest BCUT2D eigenvalue weighted by Crippen LogP contribution is -2.10. The summed E-state index contributed by atoms with van der Waals surface area (Å²) in [5.74, 6) is 0. The summed E-state index contributed by atoms with van der Waals surface area (Å²) in [6.45, 7) is 0. The van der Waals surface area contributed by atoms with Crippen molar-refractivity contribution in [1.29, 1.82) is 0 Å². The molecule has 0 aliphatic heterocycles. The summed E-state index contributed by atoms with van der Waals surface area (Å²) in [6.07, 6.45) is 0. The molecule has 0 aliphatic carbocycles. The molecule has 0 radical (unpaired) electrons. The first-order chi connectivity index (χ1) is 21.8. The zero-order valence-corrected chi connectivity index (χ0v) is 23.9. The van der Waals surface area contributed by atoms with Crippen LogP contribution in [0.1, 0.15) is 0 Å². The Morgan fingerprint density at radius 1 is 0.341 bits per heavy atom. The zero-order valence-electron chi connectivity index (χ0n) is 23.9. The first-order valence-electron chi connectivity index (χ1n) is 15.0. The van der Waals surface area contributed by atoms with Crippen molar-refractivity contribution in [1.82, 2.24) is 0 Å². The Kier molecular flexibility index (Phi) is 5.54. The van der Waals surface area contributed by atoms with Crippen LogP contribution >= 0.6 is 0 Å². The number of anilines is 3. The van der Waals surface area contributed by atoms with Crippen LogP contribution in [0.3, 0.4) is 0 Å². The monoisotopic (exact) mass is 561 g/mol. The molecule has 0 N–H and O–H groups in total. The van der Waals surface area contributed by atoms with Crippen molar-refractivity contribution in [3.05, 3.63) is 164 Å². The molecular weight excluding hydrogens is 534 g/mol. The maximum absolute atomic E-state index is 6.51. The van der Waals surface area contributed by atoms with Gasteiger partial charge in [-0.15, -0.1) is 0 Å². The Morgan fingerprint density at radius 2 is 0.955 bits per heavy atom. The first kappa shape index (κ1) is 24.7. The van der Waals surface area contributed by atoms with Gasteiger partial charge in [-0.05, 0) is 85.9 Å². The molecule has 1 aromatic heterocycles. The maximum atomic E-state index is 6.51. The summed E-state index contributed by atoms with van der Waals surface area (Å²) in [6, 6.07) is 58.5. The highest BCUT2D eigenvalue weighted by molar-refractivity contribution is 6.19. The highest BCUT2D eigenvalue weighted by Gasteiger charge is 2.18. The minimum absolute atomic E-state index is 0.879. The molecule has 1 heterocycles. The summed E-state index contributed by atoms with van der Waals surface area (Å²) in [4.78, 5) is 2.34. The van der Waals surface area contributed by atoms with Crippen molar-refractivity contribution >= 4 is 71.3 Å². The summed E-state index contributed by atoms with van der Waals surface area (Å²) >= 11 is 0. The minimum atomic E-state index is 0.879. The number of furan rings is 1. The van der Waals surface area contributed by atoms with Gasteiger partial charge >= 0.3 is 0 Å². The summed E-state index contributed by atoms with van der Waals surface area (Å²) in [5.41, 5.74) is 7.39. The van der Waals surface area contributed by atoms with E-state index in [0.717, 1.165) is 33.6 Å². The van der Waals surface area contributed by atoms with Crippen molar-refractivity contribution in [2.45, 2.75) is 0 Å². The molecule has 0 amide bonds. The largest absolute Gasteiger partial charge is 0.456 e. The third kappa shape index (κ3) is 3.96. The van der Waals surface area contributed by atoms with Crippen LogP contribution in [0.4, 0.5) is 17.1 Å². The van der Waals surface area contributed by atoms with Gasteiger partial charge in [-0.25, -0.2) is 0 Å². The maximum Gasteiger partial charge on any atom is 0.137 e. The average molecular weight is 562 g/mol. The molecule has 2 nitrogen and oxygen atoms in total. The summed E-state index contributed by atoms with van der Waals surface area (Å²) in [5, 5.41) is 9.71. The predicted molar refractivity (Wildman–Crippen MR) is 186 cm³/mol. The molecule has 0 saturated heterocycles. The number of benzene rings is 8. The lowest BCUT2D eigenvalue weighted by atomic mass is 10.0. The zero-order chi connectivity index (χ0) is 29.0. The molecule has 0 bridgehead atoms. The smallest absolute Gasteiger partial charge is 0.137 e. The Bertz CT molecular complexity index is 2510. The topological polar surface area (TPSA) is 16.4 Å². The van der Waals surface area contributed by atoms with E-state index < -0.39 is 0 Å². The van der Waals surface area contributed by atoms with Crippen LogP contribution in [-0.2, 0) is 0 Å². The molecule has 0 atom stereocenters. The van der Waals surface area contributed by atoms with Gasteiger partial charge in [0.2, 0.25) is 0 Å². The van der Waals surface area contributed by atoms with E-state index in [9.17, 15) is 0 Å². The average Bonchev–Trinajstić information content (AvgIpc) is 3.47. The lowest BCUT2D eigenvalue weighted by Gasteiger charge is -2.26. The third-order valence-electron chi connectivity index (χ3n) is 8.80. The van der Waals surface area contributed by atoms with Crippen LogP contribution in [0.5, 0.6) is 0 Å². The molecule has 0 fully saturated rings. The Labute approximate surface area is 255 Å². The molecule has 0 saturated carbocycles. The Morgan fingerprint density at radius 3 is 1.82 bits per heavy atom. The van der Waals surface area contributed by atoms with Crippen LogP contribution in [0.25, 0.3) is 65.4 Å². The van der Waals surface area contributed by atoms with E-state index in [-0.39, 0.29) is 0 Å². The van der Waals surface area contributed by atoms with Crippen LogP contribution < -0.4 is 4.90 Å². The fourth-order valence-electron chi connectivity index (χ4n) is 6.72. The normalized spacial score (nSPS) is 11.6. The second-order valence-corrected chi connectivity index (χ2v) is 11.4. The number of hydrogen-bond donors (Lipinski definition) is 0. The van der Waals surface area contributed by atoms with E-state index in [2.05, 4.69) is 169 Å². The van der Waals surface area contributed by atoms with Crippen molar-refractivity contribution in [2.75, 3.05) is 4.90 Å². The number of hydrogen-bond acceptors (Lipinski definition) is 2. The number of nitrogens with zero attached hydrogens (tertiary/aromatic N) is 1. The van der Waals surface area contributed by atoms with Gasteiger partial charge < -0.3 is 9.32 Å². The van der Waals surface area contributed by atoms with Crippen LogP contribution in [0.15, 0.2) is 168 Å². The van der Waals surface area contributed by atoms with Crippen molar-refractivity contribution in [2.24, 2.45) is 0 Å². The quantitative estimate of drug-likeness (QED) is 0.199. The molecule has 0 unspecified atom stereocenters. The second kappa shape index (κ2) is 9.86. The van der Waals surface area contributed by atoms with E-state index in [1.54, 1.807) is 0 Å². The van der Waals surface area contributed by atoms with Gasteiger partial charge in [0.25, 0.3) is 0 Å². The number of fused-ring (bicyclic) bond motifs is 8. The molecule has 0 spiro atoms. The van der Waals surface area contributed by atoms with Crippen LogP contribution in [0, 0.1) is 0 Å². The van der Waals surface area contributed by atoms with Crippen molar-refractivity contribution in [3.63, 3.8) is 0 Å². The molecule has 0 aliphatic rings. The van der Waals surface area contributed by atoms with Gasteiger partial charge in [0.15, 0.2) is 0 Å². The fraction of sp³-hybridized carbons (Fsp3) is 0. The third-order valence-corrected chi connectivity index (χ3v) is 8.80. The molecule has 9 aromatic rings. The summed E-state index contributed by atoms with van der Waals surface area (Å²) in [7, 11) is 0.